The van der Waals surface area contributed by atoms with Crippen LogP contribution in [0.3, 0.4) is 0 Å². The van der Waals surface area contributed by atoms with Gasteiger partial charge in [-0.1, -0.05) is 178 Å². The standard InChI is InChI=1S/C51H91NO7/c1-6-8-10-12-14-16-18-20-22-23-24-25-26-27-28-30-31-33-35-37-39-41-49(53)58-46-47(45-57-44-43-48(51(55)56)52(3,4)5)59-50(54)42-40-38-36-34-32-29-21-19-17-15-13-11-9-7-2/h14,16,20,22,24-25,27-28,47-48H,6-13,15,17-19,21,23,26,29-46H2,1-5H3/b16-14+,22-20+,25-24+,28-27+. The number of hydrogen-bond acceptors (Lipinski definition) is 7. The molecule has 342 valence electrons. The van der Waals surface area contributed by atoms with Gasteiger partial charge < -0.3 is 28.6 Å². The maximum atomic E-state index is 12.7. The number of carboxylic acids is 1. The van der Waals surface area contributed by atoms with Gasteiger partial charge in [0.1, 0.15) is 12.6 Å². The zero-order valence-electron chi connectivity index (χ0n) is 38.9. The highest BCUT2D eigenvalue weighted by Gasteiger charge is 2.25. The van der Waals surface area contributed by atoms with E-state index in [0.29, 0.717) is 12.8 Å². The number of allylic oxidation sites excluding steroid dienone is 8. The molecule has 0 bridgehead atoms. The van der Waals surface area contributed by atoms with E-state index >= 15 is 0 Å². The van der Waals surface area contributed by atoms with Crippen LogP contribution in [0.25, 0.3) is 0 Å². The van der Waals surface area contributed by atoms with E-state index in [4.69, 9.17) is 14.2 Å². The molecule has 2 unspecified atom stereocenters. The van der Waals surface area contributed by atoms with E-state index in [2.05, 4.69) is 62.5 Å². The normalized spacial score (nSPS) is 13.3. The van der Waals surface area contributed by atoms with Crippen LogP contribution in [0.2, 0.25) is 0 Å². The average Bonchev–Trinajstić information content (AvgIpc) is 3.19. The summed E-state index contributed by atoms with van der Waals surface area (Å²) < 4.78 is 17.2. The number of carboxylic acid groups (broad SMARTS) is 1. The Kier molecular flexibility index (Phi) is 40.1. The predicted octanol–water partition coefficient (Wildman–Crippen LogP) is 12.3. The molecule has 2 atom stereocenters. The number of esters is 2. The van der Waals surface area contributed by atoms with Crippen LogP contribution in [0, 0.1) is 0 Å². The predicted molar refractivity (Wildman–Crippen MR) is 245 cm³/mol. The molecule has 0 saturated heterocycles. The SMILES string of the molecule is CCCCC/C=C/C/C=C/C/C=C/C/C=C/CCCCCCCC(=O)OCC(COCCC(C(=O)[O-])[N+](C)(C)C)OC(=O)CCCCCCCCCCCCCCCC. The van der Waals surface area contributed by atoms with Gasteiger partial charge in [-0.05, 0) is 57.8 Å². The van der Waals surface area contributed by atoms with E-state index in [0.717, 1.165) is 77.0 Å². The minimum atomic E-state index is -1.13. The molecule has 8 heteroatoms. The molecule has 0 aromatic carbocycles. The zero-order chi connectivity index (χ0) is 43.5. The van der Waals surface area contributed by atoms with E-state index in [1.165, 1.54) is 96.3 Å². The topological polar surface area (TPSA) is 102 Å². The van der Waals surface area contributed by atoms with Crippen molar-refractivity contribution < 1.29 is 38.2 Å². The summed E-state index contributed by atoms with van der Waals surface area (Å²) in [5, 5.41) is 11.6. The number of unbranched alkanes of at least 4 members (excludes halogenated alkanes) is 21. The average molecular weight is 830 g/mol. The number of quaternary nitrogens is 1. The van der Waals surface area contributed by atoms with Gasteiger partial charge in [0.2, 0.25) is 0 Å². The van der Waals surface area contributed by atoms with Gasteiger partial charge in [-0.15, -0.1) is 0 Å². The number of hydrogen-bond donors (Lipinski definition) is 0. The molecule has 0 N–H and O–H groups in total. The Morgan fingerprint density at radius 1 is 0.508 bits per heavy atom. The largest absolute Gasteiger partial charge is 0.544 e. The molecule has 0 saturated carbocycles. The Morgan fingerprint density at radius 2 is 0.898 bits per heavy atom. The maximum absolute atomic E-state index is 12.7. The van der Waals surface area contributed by atoms with Gasteiger partial charge in [-0.2, -0.15) is 0 Å². The third-order valence-corrected chi connectivity index (χ3v) is 10.7. The molecule has 0 heterocycles. The van der Waals surface area contributed by atoms with Crippen molar-refractivity contribution in [3.63, 3.8) is 0 Å². The molecule has 0 aromatic heterocycles. The molecule has 0 aromatic rings. The van der Waals surface area contributed by atoms with Crippen LogP contribution in [0.5, 0.6) is 0 Å². The van der Waals surface area contributed by atoms with E-state index in [-0.39, 0.29) is 42.7 Å². The smallest absolute Gasteiger partial charge is 0.306 e. The van der Waals surface area contributed by atoms with E-state index < -0.39 is 18.1 Å². The van der Waals surface area contributed by atoms with E-state index in [1.807, 2.05) is 0 Å². The van der Waals surface area contributed by atoms with Crippen LogP contribution in [0.1, 0.15) is 206 Å². The highest BCUT2D eigenvalue weighted by Crippen LogP contribution is 2.15. The van der Waals surface area contributed by atoms with Crippen molar-refractivity contribution in [3.8, 4) is 0 Å². The summed E-state index contributed by atoms with van der Waals surface area (Å²) in [5.41, 5.74) is 0. The van der Waals surface area contributed by atoms with Crippen LogP contribution < -0.4 is 5.11 Å². The summed E-state index contributed by atoms with van der Waals surface area (Å²) in [4.78, 5) is 36.9. The fourth-order valence-corrected chi connectivity index (χ4v) is 6.94. The molecular weight excluding hydrogens is 739 g/mol. The Bertz CT molecular complexity index is 1110. The van der Waals surface area contributed by atoms with Gasteiger partial charge in [0.05, 0.1) is 40.3 Å². The number of ether oxygens (including phenoxy) is 3. The molecule has 0 aliphatic carbocycles. The lowest BCUT2D eigenvalue weighted by Gasteiger charge is -2.34. The lowest BCUT2D eigenvalue weighted by molar-refractivity contribution is -0.889. The number of rotatable bonds is 43. The Morgan fingerprint density at radius 3 is 1.36 bits per heavy atom. The minimum Gasteiger partial charge on any atom is -0.544 e. The number of likely N-dealkylation sites (N-methyl/N-ethyl adjacent to an activating group) is 1. The van der Waals surface area contributed by atoms with Crippen LogP contribution in [-0.2, 0) is 28.6 Å². The van der Waals surface area contributed by atoms with Gasteiger partial charge in [-0.3, -0.25) is 9.59 Å². The van der Waals surface area contributed by atoms with E-state index in [1.54, 1.807) is 21.1 Å². The number of aliphatic carboxylic acids is 1. The second kappa shape index (κ2) is 42.0. The van der Waals surface area contributed by atoms with Crippen LogP contribution in [0.4, 0.5) is 0 Å². The van der Waals surface area contributed by atoms with Crippen LogP contribution in [-0.4, -0.2) is 75.5 Å². The molecule has 8 nitrogen and oxygen atoms in total. The van der Waals surface area contributed by atoms with Crippen molar-refractivity contribution in [1.29, 1.82) is 0 Å². The molecular formula is C51H91NO7. The fourth-order valence-electron chi connectivity index (χ4n) is 6.94. The summed E-state index contributed by atoms with van der Waals surface area (Å²) in [6.07, 6.45) is 49.9. The molecule has 0 rings (SSSR count). The highest BCUT2D eigenvalue weighted by atomic mass is 16.6. The molecule has 59 heavy (non-hydrogen) atoms. The first kappa shape index (κ1) is 56.3. The Balaban J connectivity index is 4.31. The zero-order valence-corrected chi connectivity index (χ0v) is 38.9. The number of carbonyl (C=O) groups excluding carboxylic acids is 3. The van der Waals surface area contributed by atoms with Crippen molar-refractivity contribution in [3.05, 3.63) is 48.6 Å². The first-order valence-electron chi connectivity index (χ1n) is 24.2. The second-order valence-corrected chi connectivity index (χ2v) is 17.4. The van der Waals surface area contributed by atoms with Crippen LogP contribution in [0.15, 0.2) is 48.6 Å². The summed E-state index contributed by atoms with van der Waals surface area (Å²) in [6.45, 7) is 4.63. The van der Waals surface area contributed by atoms with Crippen molar-refractivity contribution in [2.45, 2.75) is 219 Å². The van der Waals surface area contributed by atoms with Gasteiger partial charge in [-0.25, -0.2) is 0 Å². The molecule has 0 radical (unpaired) electrons. The van der Waals surface area contributed by atoms with Gasteiger partial charge in [0.15, 0.2) is 6.10 Å². The van der Waals surface area contributed by atoms with E-state index in [9.17, 15) is 19.5 Å². The Hall–Kier alpha value is -2.71. The van der Waals surface area contributed by atoms with Crippen molar-refractivity contribution in [1.82, 2.24) is 0 Å². The summed E-state index contributed by atoms with van der Waals surface area (Å²) in [7, 11) is 5.41. The molecule has 0 amide bonds. The first-order chi connectivity index (χ1) is 28.6. The highest BCUT2D eigenvalue weighted by molar-refractivity contribution is 5.70. The van der Waals surface area contributed by atoms with Crippen LogP contribution >= 0.6 is 0 Å². The van der Waals surface area contributed by atoms with Crippen molar-refractivity contribution >= 4 is 17.9 Å². The molecule has 0 fully saturated rings. The maximum Gasteiger partial charge on any atom is 0.306 e. The van der Waals surface area contributed by atoms with Crippen molar-refractivity contribution in [2.24, 2.45) is 0 Å². The lowest BCUT2D eigenvalue weighted by Crippen LogP contribution is -2.55. The fraction of sp³-hybridized carbons (Fsp3) is 0.784. The summed E-state index contributed by atoms with van der Waals surface area (Å²) in [6, 6.07) is -0.728. The molecule has 0 spiro atoms. The summed E-state index contributed by atoms with van der Waals surface area (Å²) >= 11 is 0. The van der Waals surface area contributed by atoms with Gasteiger partial charge >= 0.3 is 11.9 Å². The Labute approximate surface area is 363 Å². The minimum absolute atomic E-state index is 0.0358. The van der Waals surface area contributed by atoms with Gasteiger partial charge in [0, 0.05) is 19.3 Å². The van der Waals surface area contributed by atoms with Crippen molar-refractivity contribution in [2.75, 3.05) is 41.0 Å². The molecule has 0 aliphatic rings. The first-order valence-corrected chi connectivity index (χ1v) is 24.2. The lowest BCUT2D eigenvalue weighted by atomic mass is 10.0. The quantitative estimate of drug-likeness (QED) is 0.0261. The second-order valence-electron chi connectivity index (χ2n) is 17.4. The number of carbonyl (C=O) groups is 3. The number of nitrogens with zero attached hydrogens (tertiary/aromatic N) is 1. The molecule has 0 aliphatic heterocycles. The third-order valence-electron chi connectivity index (χ3n) is 10.7. The third kappa shape index (κ3) is 40.5. The monoisotopic (exact) mass is 830 g/mol. The summed E-state index contributed by atoms with van der Waals surface area (Å²) in [5.74, 6) is -1.75. The van der Waals surface area contributed by atoms with Gasteiger partial charge in [0.25, 0.3) is 0 Å².